The molecule has 3 aromatic rings. The second kappa shape index (κ2) is 9.69. The lowest BCUT2D eigenvalue weighted by molar-refractivity contribution is 0.0555. The molecular formula is C18H14N2O6S3. The predicted molar refractivity (Wildman–Crippen MR) is 106 cm³/mol. The Bertz CT molecular complexity index is 986. The van der Waals surface area contributed by atoms with E-state index in [0.717, 1.165) is 4.21 Å². The average Bonchev–Trinajstić information content (AvgIpc) is 3.48. The van der Waals surface area contributed by atoms with Gasteiger partial charge in [-0.15, -0.1) is 11.8 Å². The molecule has 0 saturated heterocycles. The number of rotatable bonds is 8. The van der Waals surface area contributed by atoms with Crippen LogP contribution in [0.4, 0.5) is 0 Å². The van der Waals surface area contributed by atoms with Gasteiger partial charge in [0.2, 0.25) is 11.5 Å². The molecule has 0 spiro atoms. The van der Waals surface area contributed by atoms with Crippen LogP contribution in [0, 0.1) is 11.3 Å². The number of esters is 2. The highest BCUT2D eigenvalue weighted by molar-refractivity contribution is 8.00. The second-order valence-corrected chi connectivity index (χ2v) is 8.34. The van der Waals surface area contributed by atoms with E-state index in [4.69, 9.17) is 8.83 Å². The van der Waals surface area contributed by atoms with Gasteiger partial charge in [0.25, 0.3) is 0 Å². The molecule has 3 aromatic heterocycles. The first-order valence-electron chi connectivity index (χ1n) is 8.05. The minimum absolute atomic E-state index is 0.128. The molecular weight excluding hydrogens is 436 g/mol. The Morgan fingerprint density at radius 3 is 2.10 bits per heavy atom. The van der Waals surface area contributed by atoms with Crippen molar-refractivity contribution in [3.63, 3.8) is 0 Å². The van der Waals surface area contributed by atoms with Gasteiger partial charge in [0.05, 0.1) is 25.7 Å². The molecule has 3 heterocycles. The fourth-order valence-corrected chi connectivity index (χ4v) is 5.04. The van der Waals surface area contributed by atoms with Gasteiger partial charge in [-0.2, -0.15) is 9.64 Å². The summed E-state index contributed by atoms with van der Waals surface area (Å²) in [6.07, 6.45) is 0. The van der Waals surface area contributed by atoms with E-state index < -0.39 is 11.9 Å². The van der Waals surface area contributed by atoms with Gasteiger partial charge in [0.15, 0.2) is 0 Å². The number of thioether (sulfide) groups is 2. The van der Waals surface area contributed by atoms with Crippen LogP contribution in [0.25, 0.3) is 0 Å². The van der Waals surface area contributed by atoms with E-state index in [1.807, 2.05) is 0 Å². The van der Waals surface area contributed by atoms with Crippen LogP contribution in [0.15, 0.2) is 42.3 Å². The number of methoxy groups -OCH3 is 2. The van der Waals surface area contributed by atoms with Crippen molar-refractivity contribution < 1.29 is 27.9 Å². The minimum Gasteiger partial charge on any atom is -0.463 e. The van der Waals surface area contributed by atoms with Crippen molar-refractivity contribution in [1.82, 2.24) is 4.37 Å². The first-order valence-corrected chi connectivity index (χ1v) is 10.8. The summed E-state index contributed by atoms with van der Waals surface area (Å²) >= 11 is 3.96. The maximum absolute atomic E-state index is 11.4. The molecule has 150 valence electrons. The van der Waals surface area contributed by atoms with Crippen molar-refractivity contribution in [2.75, 3.05) is 14.2 Å². The molecule has 0 aromatic carbocycles. The van der Waals surface area contributed by atoms with Crippen LogP contribution in [0.3, 0.4) is 0 Å². The fourth-order valence-electron chi connectivity index (χ4n) is 2.16. The van der Waals surface area contributed by atoms with E-state index in [2.05, 4.69) is 19.9 Å². The number of carbonyl (C=O) groups excluding carboxylic acids is 2. The molecule has 0 bridgehead atoms. The zero-order valence-electron chi connectivity index (χ0n) is 15.3. The molecule has 0 radical (unpaired) electrons. The molecule has 0 fully saturated rings. The normalized spacial score (nSPS) is 10.5. The molecule has 8 nitrogen and oxygen atoms in total. The number of aromatic nitrogens is 1. The third kappa shape index (κ3) is 5.03. The summed E-state index contributed by atoms with van der Waals surface area (Å²) in [5.41, 5.74) is 0.476. The quantitative estimate of drug-likeness (QED) is 0.362. The summed E-state index contributed by atoms with van der Waals surface area (Å²) in [6.45, 7) is 0. The molecule has 3 rings (SSSR count). The summed E-state index contributed by atoms with van der Waals surface area (Å²) < 4.78 is 25.2. The highest BCUT2D eigenvalue weighted by Gasteiger charge is 2.18. The van der Waals surface area contributed by atoms with Crippen molar-refractivity contribution in [2.24, 2.45) is 0 Å². The Labute approximate surface area is 178 Å². The van der Waals surface area contributed by atoms with Crippen LogP contribution in [-0.2, 0) is 21.0 Å². The van der Waals surface area contributed by atoms with Gasteiger partial charge >= 0.3 is 11.9 Å². The Kier molecular flexibility index (Phi) is 7.03. The number of carbonyl (C=O) groups is 2. The lowest BCUT2D eigenvalue weighted by atomic mass is 10.4. The molecule has 0 aliphatic heterocycles. The zero-order chi connectivity index (χ0) is 20.8. The molecule has 0 saturated carbocycles. The van der Waals surface area contributed by atoms with Gasteiger partial charge in [0, 0.05) is 0 Å². The largest absolute Gasteiger partial charge is 0.463 e. The van der Waals surface area contributed by atoms with Crippen LogP contribution in [-0.4, -0.2) is 30.5 Å². The van der Waals surface area contributed by atoms with E-state index >= 15 is 0 Å². The van der Waals surface area contributed by atoms with Gasteiger partial charge < -0.3 is 18.3 Å². The smallest absolute Gasteiger partial charge is 0.373 e. The summed E-state index contributed by atoms with van der Waals surface area (Å²) in [5, 5.41) is 10.1. The van der Waals surface area contributed by atoms with Crippen molar-refractivity contribution >= 4 is 47.0 Å². The molecule has 11 heteroatoms. The summed E-state index contributed by atoms with van der Waals surface area (Å²) in [5.74, 6) is 1.21. The Morgan fingerprint density at radius 1 is 1.03 bits per heavy atom. The van der Waals surface area contributed by atoms with Crippen LogP contribution >= 0.6 is 35.1 Å². The van der Waals surface area contributed by atoms with E-state index in [1.165, 1.54) is 49.3 Å². The maximum Gasteiger partial charge on any atom is 0.373 e. The van der Waals surface area contributed by atoms with Crippen molar-refractivity contribution in [3.05, 3.63) is 52.9 Å². The van der Waals surface area contributed by atoms with Gasteiger partial charge in [-0.1, -0.05) is 11.8 Å². The SMILES string of the molecule is COC(=O)c1ccc(CSc2nsc(SCc3ccc(C(=O)OC)o3)c2C#N)o1. The van der Waals surface area contributed by atoms with Gasteiger partial charge in [-0.25, -0.2) is 9.59 Å². The number of nitrogens with zero attached hydrogens (tertiary/aromatic N) is 2. The molecule has 0 amide bonds. The third-order valence-electron chi connectivity index (χ3n) is 3.53. The van der Waals surface area contributed by atoms with Crippen molar-refractivity contribution in [2.45, 2.75) is 20.7 Å². The molecule has 0 atom stereocenters. The zero-order valence-corrected chi connectivity index (χ0v) is 17.7. The predicted octanol–water partition coefficient (Wildman–Crippen LogP) is 4.36. The summed E-state index contributed by atoms with van der Waals surface area (Å²) in [6, 6.07) is 8.65. The summed E-state index contributed by atoms with van der Waals surface area (Å²) in [4.78, 5) is 22.9. The van der Waals surface area contributed by atoms with Crippen LogP contribution in [0.1, 0.15) is 38.2 Å². The van der Waals surface area contributed by atoms with Gasteiger partial charge in [-0.05, 0) is 35.8 Å². The van der Waals surface area contributed by atoms with E-state index in [0.29, 0.717) is 33.6 Å². The molecule has 29 heavy (non-hydrogen) atoms. The topological polar surface area (TPSA) is 116 Å². The molecule has 0 aliphatic rings. The van der Waals surface area contributed by atoms with E-state index in [1.54, 1.807) is 24.3 Å². The Morgan fingerprint density at radius 2 is 1.59 bits per heavy atom. The van der Waals surface area contributed by atoms with Crippen LogP contribution < -0.4 is 0 Å². The van der Waals surface area contributed by atoms with Crippen molar-refractivity contribution in [3.8, 4) is 6.07 Å². The van der Waals surface area contributed by atoms with E-state index in [-0.39, 0.29) is 11.5 Å². The monoisotopic (exact) mass is 450 g/mol. The first-order chi connectivity index (χ1) is 14.0. The Hall–Kier alpha value is -2.68. The second-order valence-electron chi connectivity index (χ2n) is 5.35. The van der Waals surface area contributed by atoms with Gasteiger partial charge in [-0.3, -0.25) is 0 Å². The Balaban J connectivity index is 1.62. The summed E-state index contributed by atoms with van der Waals surface area (Å²) in [7, 11) is 2.57. The highest BCUT2D eigenvalue weighted by atomic mass is 32.2. The number of ether oxygens (including phenoxy) is 2. The lowest BCUT2D eigenvalue weighted by Gasteiger charge is -1.98. The highest BCUT2D eigenvalue weighted by Crippen LogP contribution is 2.37. The van der Waals surface area contributed by atoms with Crippen LogP contribution in [0.5, 0.6) is 0 Å². The van der Waals surface area contributed by atoms with Crippen LogP contribution in [0.2, 0.25) is 0 Å². The number of hydrogen-bond acceptors (Lipinski definition) is 11. The fraction of sp³-hybridized carbons (Fsp3) is 0.222. The average molecular weight is 451 g/mol. The molecule has 0 unspecified atom stereocenters. The number of nitriles is 1. The lowest BCUT2D eigenvalue weighted by Crippen LogP contribution is -1.98. The van der Waals surface area contributed by atoms with E-state index in [9.17, 15) is 14.9 Å². The number of hydrogen-bond donors (Lipinski definition) is 0. The third-order valence-corrected chi connectivity index (χ3v) is 6.76. The minimum atomic E-state index is -0.542. The standard InChI is InChI=1S/C18H14N2O6S3/c1-23-16(21)13-5-3-10(25-13)8-27-15-12(7-19)18(29-20-15)28-9-11-4-6-14(26-11)17(22)24-2/h3-6H,8-9H2,1-2H3. The van der Waals surface area contributed by atoms with Gasteiger partial charge in [0.1, 0.15) is 32.4 Å². The molecule has 0 aliphatic carbocycles. The van der Waals surface area contributed by atoms with Crippen molar-refractivity contribution in [1.29, 1.82) is 5.26 Å². The molecule has 0 N–H and O–H groups in total. The number of furan rings is 2. The first kappa shape index (κ1) is 21.0. The maximum atomic E-state index is 11.4.